The van der Waals surface area contributed by atoms with E-state index < -0.39 is 15.7 Å². The molecule has 4 aromatic rings. The number of halogens is 1. The van der Waals surface area contributed by atoms with E-state index in [-0.39, 0.29) is 29.2 Å². The number of hydrogen-bond donors (Lipinski definition) is 4. The van der Waals surface area contributed by atoms with E-state index in [1.807, 2.05) is 37.3 Å². The van der Waals surface area contributed by atoms with Crippen LogP contribution in [0.5, 0.6) is 0 Å². The highest BCUT2D eigenvalue weighted by atomic mass is 32.2. The third kappa shape index (κ3) is 8.91. The maximum Gasteiger partial charge on any atom is 0.354 e. The summed E-state index contributed by atoms with van der Waals surface area (Å²) in [5, 5.41) is 4.05. The summed E-state index contributed by atoms with van der Waals surface area (Å²) < 4.78 is 45.7. The molecule has 3 heterocycles. The zero-order chi connectivity index (χ0) is 36.0. The number of piperidine rings is 1. The summed E-state index contributed by atoms with van der Waals surface area (Å²) in [6.07, 6.45) is 8.68. The van der Waals surface area contributed by atoms with Gasteiger partial charge in [0.05, 0.1) is 10.6 Å². The first-order valence-electron chi connectivity index (χ1n) is 17.9. The first-order chi connectivity index (χ1) is 24.6. The van der Waals surface area contributed by atoms with Crippen molar-refractivity contribution in [1.29, 1.82) is 0 Å². The van der Waals surface area contributed by atoms with E-state index in [2.05, 4.69) is 20.2 Å². The standard InChI is InChI=1S/C38H49FN8O3S/c1-27-20-29(22-32(39)21-27)25-47(34-12-16-42-17-13-34)51(49,50)35-10-6-30(7-11-35)36-23-31-26-46(38(48)44-37(31)43-36)33-8-4-28(5-9-33)24-45(18-2-14-40)19-3-15-41/h4-11,21-23,26,29,34,42H,2-3,12-20,24-25,40-41H2,1H3,(H,43,44,48). The molecule has 1 aliphatic carbocycles. The number of H-pyrrole nitrogens is 1. The quantitative estimate of drug-likeness (QED) is 0.141. The number of nitrogens with zero attached hydrogens (tertiary/aromatic N) is 4. The van der Waals surface area contributed by atoms with Crippen LogP contribution in [0.15, 0.2) is 94.0 Å². The molecule has 0 spiro atoms. The summed E-state index contributed by atoms with van der Waals surface area (Å²) in [5.41, 5.74) is 15.7. The van der Waals surface area contributed by atoms with E-state index in [4.69, 9.17) is 11.5 Å². The molecule has 0 bridgehead atoms. The number of rotatable bonds is 15. The molecule has 272 valence electrons. The van der Waals surface area contributed by atoms with Crippen molar-refractivity contribution in [1.82, 2.24) is 29.1 Å². The average molecular weight is 717 g/mol. The maximum absolute atomic E-state index is 14.3. The summed E-state index contributed by atoms with van der Waals surface area (Å²) in [7, 11) is -3.86. The first kappa shape index (κ1) is 36.8. The van der Waals surface area contributed by atoms with Crippen LogP contribution in [0.1, 0.15) is 44.6 Å². The number of aromatic amines is 1. The number of aromatic nitrogens is 3. The molecule has 1 saturated heterocycles. The molecule has 0 amide bonds. The van der Waals surface area contributed by atoms with E-state index >= 15 is 0 Å². The highest BCUT2D eigenvalue weighted by molar-refractivity contribution is 7.89. The lowest BCUT2D eigenvalue weighted by Crippen LogP contribution is -2.47. The van der Waals surface area contributed by atoms with Crippen molar-refractivity contribution in [2.75, 3.05) is 45.8 Å². The van der Waals surface area contributed by atoms with Gasteiger partial charge >= 0.3 is 5.69 Å². The molecule has 13 heteroatoms. The maximum atomic E-state index is 14.3. The van der Waals surface area contributed by atoms with Crippen molar-refractivity contribution in [3.05, 3.63) is 100 Å². The second kappa shape index (κ2) is 16.6. The molecule has 1 unspecified atom stereocenters. The van der Waals surface area contributed by atoms with E-state index in [1.54, 1.807) is 40.8 Å². The Labute approximate surface area is 299 Å². The van der Waals surface area contributed by atoms with E-state index in [0.717, 1.165) is 67.7 Å². The molecule has 2 aromatic heterocycles. The lowest BCUT2D eigenvalue weighted by Gasteiger charge is -2.36. The molecule has 1 aliphatic heterocycles. The van der Waals surface area contributed by atoms with E-state index in [0.29, 0.717) is 49.4 Å². The summed E-state index contributed by atoms with van der Waals surface area (Å²) in [6.45, 7) is 7.44. The molecule has 2 aromatic carbocycles. The normalized spacial score (nSPS) is 17.3. The van der Waals surface area contributed by atoms with Gasteiger partial charge in [-0.25, -0.2) is 17.6 Å². The van der Waals surface area contributed by atoms with Crippen molar-refractivity contribution in [2.24, 2.45) is 17.4 Å². The Hall–Kier alpha value is -3.98. The molecule has 6 N–H and O–H groups in total. The van der Waals surface area contributed by atoms with Gasteiger partial charge in [-0.3, -0.25) is 9.47 Å². The van der Waals surface area contributed by atoms with Crippen LogP contribution in [0, 0.1) is 5.92 Å². The van der Waals surface area contributed by atoms with Gasteiger partial charge < -0.3 is 21.8 Å². The third-order valence-electron chi connectivity index (χ3n) is 9.75. The van der Waals surface area contributed by atoms with Crippen LogP contribution in [-0.2, 0) is 16.6 Å². The van der Waals surface area contributed by atoms with Crippen LogP contribution >= 0.6 is 0 Å². The van der Waals surface area contributed by atoms with Gasteiger partial charge in [0.15, 0.2) is 0 Å². The van der Waals surface area contributed by atoms with Gasteiger partial charge in [0, 0.05) is 36.4 Å². The van der Waals surface area contributed by atoms with Crippen molar-refractivity contribution in [3.63, 3.8) is 0 Å². The molecule has 1 atom stereocenters. The topological polar surface area (TPSA) is 155 Å². The zero-order valence-corrected chi connectivity index (χ0v) is 30.0. The molecule has 0 radical (unpaired) electrons. The van der Waals surface area contributed by atoms with E-state index in [9.17, 15) is 17.6 Å². The predicted molar refractivity (Wildman–Crippen MR) is 201 cm³/mol. The lowest BCUT2D eigenvalue weighted by molar-refractivity contribution is 0.243. The van der Waals surface area contributed by atoms with Crippen LogP contribution in [0.2, 0.25) is 0 Å². The van der Waals surface area contributed by atoms with Crippen LogP contribution in [-0.4, -0.2) is 84.0 Å². The van der Waals surface area contributed by atoms with Crippen molar-refractivity contribution >= 4 is 21.1 Å². The lowest BCUT2D eigenvalue weighted by atomic mass is 9.94. The minimum absolute atomic E-state index is 0.167. The smallest absolute Gasteiger partial charge is 0.339 e. The molecular weight excluding hydrogens is 668 g/mol. The molecule has 11 nitrogen and oxygen atoms in total. The molecule has 6 rings (SSSR count). The number of nitrogens with two attached hydrogens (primary N) is 2. The Bertz CT molecular complexity index is 2010. The van der Waals surface area contributed by atoms with Crippen LogP contribution in [0.4, 0.5) is 4.39 Å². The largest absolute Gasteiger partial charge is 0.354 e. The van der Waals surface area contributed by atoms with Gasteiger partial charge in [-0.05, 0) is 138 Å². The number of hydrogen-bond acceptors (Lipinski definition) is 8. The van der Waals surface area contributed by atoms with Gasteiger partial charge in [-0.15, -0.1) is 0 Å². The monoisotopic (exact) mass is 716 g/mol. The van der Waals surface area contributed by atoms with Crippen LogP contribution in [0.25, 0.3) is 28.0 Å². The molecule has 51 heavy (non-hydrogen) atoms. The highest BCUT2D eigenvalue weighted by Gasteiger charge is 2.34. The fraction of sp³-hybridized carbons (Fsp3) is 0.421. The summed E-state index contributed by atoms with van der Waals surface area (Å²) in [5.74, 6) is -0.542. The van der Waals surface area contributed by atoms with Crippen molar-refractivity contribution in [2.45, 2.75) is 56.5 Å². The van der Waals surface area contributed by atoms with Gasteiger partial charge in [-0.1, -0.05) is 29.8 Å². The number of sulfonamides is 1. The highest BCUT2D eigenvalue weighted by Crippen LogP contribution is 2.31. The molecule has 2 aliphatic rings. The van der Waals surface area contributed by atoms with E-state index in [1.165, 1.54) is 10.6 Å². The second-order valence-corrected chi connectivity index (χ2v) is 15.6. The fourth-order valence-corrected chi connectivity index (χ4v) is 8.87. The zero-order valence-electron chi connectivity index (χ0n) is 29.2. The summed E-state index contributed by atoms with van der Waals surface area (Å²) in [6, 6.07) is 16.4. The molecule has 1 fully saturated rings. The Morgan fingerprint density at radius 1 is 1.00 bits per heavy atom. The van der Waals surface area contributed by atoms with Gasteiger partial charge in [0.1, 0.15) is 11.5 Å². The Kier molecular flexibility index (Phi) is 12.0. The second-order valence-electron chi connectivity index (χ2n) is 13.7. The predicted octanol–water partition coefficient (Wildman–Crippen LogP) is 4.44. The van der Waals surface area contributed by atoms with Gasteiger partial charge in [0.2, 0.25) is 10.0 Å². The fourth-order valence-electron chi connectivity index (χ4n) is 7.12. The summed E-state index contributed by atoms with van der Waals surface area (Å²) >= 11 is 0. The Morgan fingerprint density at radius 2 is 1.69 bits per heavy atom. The Balaban J connectivity index is 1.20. The minimum Gasteiger partial charge on any atom is -0.339 e. The SMILES string of the molecule is CC1=CC(F)=CC(CN(C2CCNCC2)S(=O)(=O)c2ccc(-c3cc4cn(-c5ccc(CN(CCCN)CCCN)cc5)c(=O)nc4[nH]3)cc2)C1. The van der Waals surface area contributed by atoms with Crippen molar-refractivity contribution < 1.29 is 12.8 Å². The van der Waals surface area contributed by atoms with Crippen LogP contribution < -0.4 is 22.5 Å². The minimum atomic E-state index is -3.86. The summed E-state index contributed by atoms with van der Waals surface area (Å²) in [4.78, 5) is 23.2. The average Bonchev–Trinajstić information content (AvgIpc) is 3.54. The van der Waals surface area contributed by atoms with Gasteiger partial charge in [-0.2, -0.15) is 9.29 Å². The number of nitrogens with one attached hydrogen (secondary N) is 2. The molecule has 0 saturated carbocycles. The number of benzene rings is 2. The number of allylic oxidation sites excluding steroid dienone is 3. The van der Waals surface area contributed by atoms with Crippen molar-refractivity contribution in [3.8, 4) is 16.9 Å². The van der Waals surface area contributed by atoms with Crippen LogP contribution in [0.3, 0.4) is 0 Å². The third-order valence-corrected chi connectivity index (χ3v) is 11.7. The molecular formula is C38H49FN8O3S. The van der Waals surface area contributed by atoms with Gasteiger partial charge in [0.25, 0.3) is 0 Å². The number of fused-ring (bicyclic) bond motifs is 1. The first-order valence-corrected chi connectivity index (χ1v) is 19.3. The Morgan fingerprint density at radius 3 is 2.33 bits per heavy atom.